The predicted octanol–water partition coefficient (Wildman–Crippen LogP) is 10.9. The fourth-order valence-corrected chi connectivity index (χ4v) is 4.70. The molecule has 0 aliphatic heterocycles. The number of hydrogen-bond acceptors (Lipinski definition) is 4. The molecule has 1 atom stereocenters. The van der Waals surface area contributed by atoms with Crippen LogP contribution >= 0.6 is 0 Å². The summed E-state index contributed by atoms with van der Waals surface area (Å²) in [4.78, 5) is 10.1. The van der Waals surface area contributed by atoms with E-state index in [0.717, 1.165) is 38.9 Å². The van der Waals surface area contributed by atoms with Crippen LogP contribution in [0.1, 0.15) is 168 Å². The van der Waals surface area contributed by atoms with Crippen LogP contribution in [0.15, 0.2) is 12.2 Å². The lowest BCUT2D eigenvalue weighted by Gasteiger charge is -2.19. The van der Waals surface area contributed by atoms with Crippen molar-refractivity contribution in [1.29, 1.82) is 0 Å². The molecular formula is C33H66O4. The molecule has 0 heterocycles. The van der Waals surface area contributed by atoms with Crippen LogP contribution in [0.3, 0.4) is 0 Å². The zero-order valence-electron chi connectivity index (χ0n) is 25.6. The molecule has 4 heteroatoms. The molecule has 0 fully saturated rings. The van der Waals surface area contributed by atoms with Crippen molar-refractivity contribution in [2.45, 2.75) is 181 Å². The zero-order valence-corrected chi connectivity index (χ0v) is 25.6. The Morgan fingerprint density at radius 2 is 1.00 bits per heavy atom. The van der Waals surface area contributed by atoms with Gasteiger partial charge >= 0.3 is 0 Å². The Kier molecular flexibility index (Phi) is 31.4. The monoisotopic (exact) mass is 526 g/mol. The molecule has 0 radical (unpaired) electrons. The Hall–Kier alpha value is -0.420. The normalized spacial score (nSPS) is 12.8. The number of hydrogen-bond donors (Lipinski definition) is 0. The van der Waals surface area contributed by atoms with Crippen molar-refractivity contribution in [3.63, 3.8) is 0 Å². The van der Waals surface area contributed by atoms with Gasteiger partial charge in [-0.05, 0) is 44.9 Å². The second-order valence-electron chi connectivity index (χ2n) is 10.8. The SMILES string of the molecule is CCCCCCCCOC(CCCCCCCCCC=CC(CCC)OOC)OCCCCCCCC. The average molecular weight is 527 g/mol. The van der Waals surface area contributed by atoms with Crippen LogP contribution in [0.4, 0.5) is 0 Å². The van der Waals surface area contributed by atoms with Crippen LogP contribution in [-0.4, -0.2) is 32.7 Å². The van der Waals surface area contributed by atoms with Gasteiger partial charge in [0, 0.05) is 13.2 Å². The largest absolute Gasteiger partial charge is 0.353 e. The lowest BCUT2D eigenvalue weighted by Crippen LogP contribution is -2.19. The van der Waals surface area contributed by atoms with E-state index in [1.165, 1.54) is 122 Å². The summed E-state index contributed by atoms with van der Waals surface area (Å²) < 4.78 is 12.4. The predicted molar refractivity (Wildman–Crippen MR) is 160 cm³/mol. The first-order valence-corrected chi connectivity index (χ1v) is 16.4. The summed E-state index contributed by atoms with van der Waals surface area (Å²) in [6.45, 7) is 8.44. The van der Waals surface area contributed by atoms with Gasteiger partial charge in [-0.25, -0.2) is 9.78 Å². The van der Waals surface area contributed by atoms with Crippen molar-refractivity contribution in [2.75, 3.05) is 20.3 Å². The van der Waals surface area contributed by atoms with E-state index in [0.29, 0.717) is 0 Å². The lowest BCUT2D eigenvalue weighted by atomic mass is 10.1. The summed E-state index contributed by atoms with van der Waals surface area (Å²) in [6.07, 6.45) is 33.7. The first-order valence-electron chi connectivity index (χ1n) is 16.4. The van der Waals surface area contributed by atoms with E-state index < -0.39 is 0 Å². The van der Waals surface area contributed by atoms with Crippen molar-refractivity contribution >= 4 is 0 Å². The Balaban J connectivity index is 3.89. The molecular weight excluding hydrogens is 460 g/mol. The van der Waals surface area contributed by atoms with Crippen LogP contribution in [0.5, 0.6) is 0 Å². The minimum absolute atomic E-state index is 0.0108. The second-order valence-corrected chi connectivity index (χ2v) is 10.8. The van der Waals surface area contributed by atoms with Crippen LogP contribution in [0, 0.1) is 0 Å². The molecule has 0 aromatic heterocycles. The van der Waals surface area contributed by atoms with Gasteiger partial charge in [-0.15, -0.1) is 0 Å². The molecule has 0 aliphatic carbocycles. The van der Waals surface area contributed by atoms with Gasteiger partial charge in [0.25, 0.3) is 0 Å². The molecule has 0 rings (SSSR count). The van der Waals surface area contributed by atoms with E-state index in [2.05, 4.69) is 32.9 Å². The topological polar surface area (TPSA) is 36.9 Å². The van der Waals surface area contributed by atoms with E-state index in [9.17, 15) is 0 Å². The smallest absolute Gasteiger partial charge is 0.157 e. The van der Waals surface area contributed by atoms with Crippen LogP contribution in [0.25, 0.3) is 0 Å². The minimum Gasteiger partial charge on any atom is -0.353 e. The van der Waals surface area contributed by atoms with Crippen molar-refractivity contribution in [1.82, 2.24) is 0 Å². The van der Waals surface area contributed by atoms with E-state index in [4.69, 9.17) is 19.2 Å². The fraction of sp³-hybridized carbons (Fsp3) is 0.939. The summed E-state index contributed by atoms with van der Waals surface area (Å²) in [7, 11) is 1.59. The van der Waals surface area contributed by atoms with Crippen molar-refractivity contribution < 1.29 is 19.2 Å². The van der Waals surface area contributed by atoms with Gasteiger partial charge in [-0.1, -0.05) is 136 Å². The van der Waals surface area contributed by atoms with E-state index in [1.807, 2.05) is 0 Å². The summed E-state index contributed by atoms with van der Waals surface area (Å²) in [5, 5.41) is 0. The molecule has 37 heavy (non-hydrogen) atoms. The number of ether oxygens (including phenoxy) is 2. The van der Waals surface area contributed by atoms with Gasteiger partial charge in [-0.3, -0.25) is 0 Å². The molecule has 0 spiro atoms. The molecule has 4 nitrogen and oxygen atoms in total. The summed E-state index contributed by atoms with van der Waals surface area (Å²) in [6, 6.07) is 0. The molecule has 0 aromatic carbocycles. The summed E-state index contributed by atoms with van der Waals surface area (Å²) >= 11 is 0. The van der Waals surface area contributed by atoms with E-state index in [1.54, 1.807) is 7.11 Å². The quantitative estimate of drug-likeness (QED) is 0.0296. The van der Waals surface area contributed by atoms with Gasteiger partial charge < -0.3 is 9.47 Å². The van der Waals surface area contributed by atoms with Gasteiger partial charge in [0.15, 0.2) is 6.29 Å². The van der Waals surface area contributed by atoms with Crippen molar-refractivity contribution in [3.8, 4) is 0 Å². The molecule has 0 amide bonds. The first kappa shape index (κ1) is 36.6. The standard InChI is InChI=1S/C33H66O4/c1-5-8-10-12-21-25-30-35-33(36-31-26-22-13-11-9-6-2)29-24-20-18-16-14-15-17-19-23-28-32(27-7-3)37-34-4/h23,28,32-33H,5-22,24-27,29-31H2,1-4H3. The third-order valence-electron chi connectivity index (χ3n) is 7.06. The van der Waals surface area contributed by atoms with Crippen LogP contribution in [-0.2, 0) is 19.2 Å². The van der Waals surface area contributed by atoms with Gasteiger partial charge in [0.2, 0.25) is 0 Å². The highest BCUT2D eigenvalue weighted by molar-refractivity contribution is 4.88. The number of allylic oxidation sites excluding steroid dienone is 1. The van der Waals surface area contributed by atoms with Crippen LogP contribution in [0.2, 0.25) is 0 Å². The Bertz CT molecular complexity index is 416. The highest BCUT2D eigenvalue weighted by Gasteiger charge is 2.09. The molecule has 1 unspecified atom stereocenters. The maximum atomic E-state index is 6.18. The Morgan fingerprint density at radius 1 is 0.514 bits per heavy atom. The average Bonchev–Trinajstić information content (AvgIpc) is 2.90. The summed E-state index contributed by atoms with van der Waals surface area (Å²) in [5.41, 5.74) is 0. The van der Waals surface area contributed by atoms with E-state index in [-0.39, 0.29) is 12.4 Å². The first-order chi connectivity index (χ1) is 18.3. The molecule has 0 saturated carbocycles. The maximum Gasteiger partial charge on any atom is 0.157 e. The molecule has 0 N–H and O–H groups in total. The molecule has 0 bridgehead atoms. The van der Waals surface area contributed by atoms with Crippen molar-refractivity contribution in [2.24, 2.45) is 0 Å². The van der Waals surface area contributed by atoms with E-state index >= 15 is 0 Å². The number of rotatable bonds is 31. The molecule has 0 aliphatic rings. The third-order valence-corrected chi connectivity index (χ3v) is 7.06. The lowest BCUT2D eigenvalue weighted by molar-refractivity contribution is -0.294. The fourth-order valence-electron chi connectivity index (χ4n) is 4.70. The van der Waals surface area contributed by atoms with Gasteiger partial charge in [0.1, 0.15) is 6.10 Å². The molecule has 0 aromatic rings. The Labute approximate surface area is 232 Å². The second kappa shape index (κ2) is 31.8. The third kappa shape index (κ3) is 28.4. The highest BCUT2D eigenvalue weighted by Crippen LogP contribution is 2.15. The van der Waals surface area contributed by atoms with Crippen molar-refractivity contribution in [3.05, 3.63) is 12.2 Å². The summed E-state index contributed by atoms with van der Waals surface area (Å²) in [5.74, 6) is 0. The zero-order chi connectivity index (χ0) is 27.1. The highest BCUT2D eigenvalue weighted by atomic mass is 17.2. The Morgan fingerprint density at radius 3 is 1.51 bits per heavy atom. The van der Waals surface area contributed by atoms with Gasteiger partial charge in [0.05, 0.1) is 7.11 Å². The molecule has 222 valence electrons. The van der Waals surface area contributed by atoms with Gasteiger partial charge in [-0.2, -0.15) is 0 Å². The molecule has 0 saturated heterocycles. The van der Waals surface area contributed by atoms with Crippen LogP contribution < -0.4 is 0 Å². The maximum absolute atomic E-state index is 6.18. The number of unbranched alkanes of at least 4 members (excludes halogenated alkanes) is 17. The minimum atomic E-state index is 0.0108.